The molecule has 6 heteroatoms. The third-order valence-corrected chi connectivity index (χ3v) is 4.67. The zero-order valence-corrected chi connectivity index (χ0v) is 12.9. The second-order valence-corrected chi connectivity index (χ2v) is 6.62. The fourth-order valence-corrected chi connectivity index (χ4v) is 3.38. The number of carbonyl (C=O) groups excluding carboxylic acids is 1. The maximum Gasteiger partial charge on any atom is 0.263 e. The van der Waals surface area contributed by atoms with Gasteiger partial charge in [-0.15, -0.1) is 11.3 Å². The molecule has 21 heavy (non-hydrogen) atoms. The summed E-state index contributed by atoms with van der Waals surface area (Å²) in [6.07, 6.45) is 5.25. The normalized spacial score (nSPS) is 16.0. The van der Waals surface area contributed by atoms with Crippen molar-refractivity contribution in [3.8, 4) is 5.75 Å². The van der Waals surface area contributed by atoms with Crippen molar-refractivity contribution in [2.24, 2.45) is 0 Å². The monoisotopic (exact) mass is 322 g/mol. The van der Waals surface area contributed by atoms with Crippen LogP contribution in [0.2, 0.25) is 4.34 Å². The minimum Gasteiger partial charge on any atom is -0.489 e. The third-order valence-electron chi connectivity index (χ3n) is 3.45. The largest absolute Gasteiger partial charge is 0.489 e. The van der Waals surface area contributed by atoms with Gasteiger partial charge < -0.3 is 9.64 Å². The molecule has 1 amide bonds. The summed E-state index contributed by atoms with van der Waals surface area (Å²) in [4.78, 5) is 18.9. The average molecular weight is 323 g/mol. The summed E-state index contributed by atoms with van der Waals surface area (Å²) in [6, 6.07) is 7.30. The zero-order valence-electron chi connectivity index (χ0n) is 11.4. The van der Waals surface area contributed by atoms with Gasteiger partial charge in [0, 0.05) is 32.1 Å². The molecule has 0 radical (unpaired) electrons. The Hall–Kier alpha value is -1.59. The number of rotatable bonds is 3. The topological polar surface area (TPSA) is 42.4 Å². The predicted molar refractivity (Wildman–Crippen MR) is 83.1 cm³/mol. The molecule has 0 bridgehead atoms. The Balaban J connectivity index is 1.54. The summed E-state index contributed by atoms with van der Waals surface area (Å²) in [5.74, 6) is 0.846. The van der Waals surface area contributed by atoms with E-state index in [-0.39, 0.29) is 12.0 Å². The number of nitrogens with zero attached hydrogens (tertiary/aromatic N) is 2. The van der Waals surface area contributed by atoms with Crippen molar-refractivity contribution < 1.29 is 9.53 Å². The summed E-state index contributed by atoms with van der Waals surface area (Å²) >= 11 is 7.21. The number of ether oxygens (including phenoxy) is 1. The lowest BCUT2D eigenvalue weighted by atomic mass is 10.1. The summed E-state index contributed by atoms with van der Waals surface area (Å²) in [7, 11) is 0. The van der Waals surface area contributed by atoms with E-state index in [2.05, 4.69) is 4.98 Å². The fourth-order valence-electron chi connectivity index (χ4n) is 2.37. The molecule has 110 valence electrons. The quantitative estimate of drug-likeness (QED) is 0.869. The van der Waals surface area contributed by atoms with E-state index in [1.807, 2.05) is 17.0 Å². The van der Waals surface area contributed by atoms with E-state index in [1.165, 1.54) is 11.3 Å². The van der Waals surface area contributed by atoms with Crippen molar-refractivity contribution in [1.29, 1.82) is 0 Å². The van der Waals surface area contributed by atoms with Gasteiger partial charge in [0.1, 0.15) is 11.9 Å². The van der Waals surface area contributed by atoms with Crippen LogP contribution in [0.4, 0.5) is 0 Å². The van der Waals surface area contributed by atoms with E-state index in [9.17, 15) is 4.79 Å². The first-order valence-electron chi connectivity index (χ1n) is 6.83. The molecule has 1 aliphatic heterocycles. The number of piperidine rings is 1. The maximum atomic E-state index is 12.3. The van der Waals surface area contributed by atoms with Crippen molar-refractivity contribution in [2.45, 2.75) is 18.9 Å². The van der Waals surface area contributed by atoms with Gasteiger partial charge in [0.25, 0.3) is 5.91 Å². The van der Waals surface area contributed by atoms with E-state index in [0.717, 1.165) is 18.6 Å². The molecule has 1 saturated heterocycles. The molecule has 3 rings (SSSR count). The average Bonchev–Trinajstić information content (AvgIpc) is 2.95. The van der Waals surface area contributed by atoms with E-state index in [0.29, 0.717) is 22.3 Å². The van der Waals surface area contributed by atoms with E-state index < -0.39 is 0 Å². The molecule has 0 spiro atoms. The van der Waals surface area contributed by atoms with Crippen LogP contribution in [0.1, 0.15) is 22.5 Å². The summed E-state index contributed by atoms with van der Waals surface area (Å²) < 4.78 is 6.52. The number of carbonyl (C=O) groups is 1. The van der Waals surface area contributed by atoms with E-state index >= 15 is 0 Å². The van der Waals surface area contributed by atoms with Crippen molar-refractivity contribution >= 4 is 28.8 Å². The van der Waals surface area contributed by atoms with Gasteiger partial charge in [-0.1, -0.05) is 11.6 Å². The minimum atomic E-state index is 0.0618. The van der Waals surface area contributed by atoms with Crippen molar-refractivity contribution in [1.82, 2.24) is 9.88 Å². The molecule has 3 heterocycles. The Bertz CT molecular complexity index is 609. The van der Waals surface area contributed by atoms with Crippen LogP contribution in [0.25, 0.3) is 0 Å². The molecule has 0 aliphatic carbocycles. The second kappa shape index (κ2) is 6.45. The lowest BCUT2D eigenvalue weighted by molar-refractivity contribution is 0.0599. The van der Waals surface area contributed by atoms with Gasteiger partial charge in [0.15, 0.2) is 0 Å². The minimum absolute atomic E-state index is 0.0618. The van der Waals surface area contributed by atoms with Crippen LogP contribution in [-0.2, 0) is 0 Å². The molecule has 0 N–H and O–H groups in total. The van der Waals surface area contributed by atoms with E-state index in [1.54, 1.807) is 24.5 Å². The number of halogens is 1. The fraction of sp³-hybridized carbons (Fsp3) is 0.333. The Morgan fingerprint density at radius 2 is 2.14 bits per heavy atom. The number of likely N-dealkylation sites (tertiary alicyclic amines) is 1. The molecule has 1 aliphatic rings. The molecule has 0 aromatic carbocycles. The van der Waals surface area contributed by atoms with Crippen LogP contribution in [0, 0.1) is 0 Å². The molecule has 1 fully saturated rings. The van der Waals surface area contributed by atoms with Gasteiger partial charge in [-0.2, -0.15) is 0 Å². The van der Waals surface area contributed by atoms with Crippen molar-refractivity contribution in [3.63, 3.8) is 0 Å². The highest BCUT2D eigenvalue weighted by Gasteiger charge is 2.25. The Morgan fingerprint density at radius 1 is 1.33 bits per heavy atom. The molecule has 0 unspecified atom stereocenters. The van der Waals surface area contributed by atoms with E-state index in [4.69, 9.17) is 16.3 Å². The number of thiophene rings is 1. The van der Waals surface area contributed by atoms with Crippen LogP contribution in [0.3, 0.4) is 0 Å². The number of aromatic nitrogens is 1. The highest BCUT2D eigenvalue weighted by molar-refractivity contribution is 7.17. The van der Waals surface area contributed by atoms with Crippen molar-refractivity contribution in [3.05, 3.63) is 45.9 Å². The van der Waals surface area contributed by atoms with Gasteiger partial charge in [-0.3, -0.25) is 9.78 Å². The van der Waals surface area contributed by atoms with Crippen molar-refractivity contribution in [2.75, 3.05) is 13.1 Å². The van der Waals surface area contributed by atoms with Crippen LogP contribution < -0.4 is 4.74 Å². The first kappa shape index (κ1) is 14.4. The van der Waals surface area contributed by atoms with Crippen LogP contribution >= 0.6 is 22.9 Å². The lowest BCUT2D eigenvalue weighted by Gasteiger charge is -2.31. The Labute approximate surface area is 132 Å². The van der Waals surface area contributed by atoms with Crippen LogP contribution in [0.15, 0.2) is 36.7 Å². The summed E-state index contributed by atoms with van der Waals surface area (Å²) in [5.41, 5.74) is 0. The molecular weight excluding hydrogens is 308 g/mol. The van der Waals surface area contributed by atoms with Crippen LogP contribution in [-0.4, -0.2) is 35.0 Å². The standard InChI is InChI=1S/C15H15ClN2O2S/c16-14-4-3-13(21-14)15(19)18-8-5-11(6-9-18)20-12-2-1-7-17-10-12/h1-4,7,10-11H,5-6,8-9H2. The van der Waals surface area contributed by atoms with Crippen LogP contribution in [0.5, 0.6) is 5.75 Å². The molecule has 0 saturated carbocycles. The molecular formula is C15H15ClN2O2S. The Kier molecular flexibility index (Phi) is 4.41. The molecule has 4 nitrogen and oxygen atoms in total. The summed E-state index contributed by atoms with van der Waals surface area (Å²) in [5, 5.41) is 0. The smallest absolute Gasteiger partial charge is 0.263 e. The number of hydrogen-bond donors (Lipinski definition) is 0. The van der Waals surface area contributed by atoms with Gasteiger partial charge >= 0.3 is 0 Å². The highest BCUT2D eigenvalue weighted by Crippen LogP contribution is 2.25. The third kappa shape index (κ3) is 3.54. The van der Waals surface area contributed by atoms with Gasteiger partial charge in [-0.25, -0.2) is 0 Å². The first-order valence-corrected chi connectivity index (χ1v) is 8.03. The van der Waals surface area contributed by atoms with Gasteiger partial charge in [0.2, 0.25) is 0 Å². The maximum absolute atomic E-state index is 12.3. The lowest BCUT2D eigenvalue weighted by Crippen LogP contribution is -2.41. The first-order chi connectivity index (χ1) is 10.2. The molecule has 2 aromatic rings. The second-order valence-electron chi connectivity index (χ2n) is 4.90. The predicted octanol–water partition coefficient (Wildman–Crippen LogP) is 3.48. The molecule has 0 atom stereocenters. The van der Waals surface area contributed by atoms with Gasteiger partial charge in [-0.05, 0) is 24.3 Å². The highest BCUT2D eigenvalue weighted by atomic mass is 35.5. The number of amides is 1. The zero-order chi connectivity index (χ0) is 14.7. The number of hydrogen-bond acceptors (Lipinski definition) is 4. The molecule has 2 aromatic heterocycles. The number of pyridine rings is 1. The van der Waals surface area contributed by atoms with Gasteiger partial charge in [0.05, 0.1) is 15.4 Å². The Morgan fingerprint density at radius 3 is 2.76 bits per heavy atom. The SMILES string of the molecule is O=C(c1ccc(Cl)s1)N1CCC(Oc2cccnc2)CC1. The summed E-state index contributed by atoms with van der Waals surface area (Å²) in [6.45, 7) is 1.42.